The summed E-state index contributed by atoms with van der Waals surface area (Å²) in [5, 5.41) is 1.22. The molecule has 0 aromatic heterocycles. The Bertz CT molecular complexity index is 1100. The maximum atomic E-state index is 2.44. The third-order valence-electron chi connectivity index (χ3n) is 7.42. The summed E-state index contributed by atoms with van der Waals surface area (Å²) in [5.41, 5.74) is 8.41. The van der Waals surface area contributed by atoms with Gasteiger partial charge >= 0.3 is 20.4 Å². The molecule has 0 heterocycles. The number of benzene rings is 3. The Morgan fingerprint density at radius 1 is 0.436 bits per heavy atom. The SMILES string of the molecule is CC(C)(C)P(Cc1ccccc1-c1cccc(-c2ccccc2CP(C(C)(C)C)C(C)(C)C)c1)C(C)(C)C.[Pd+2]. The zero-order chi connectivity index (χ0) is 28.5. The van der Waals surface area contributed by atoms with Crippen molar-refractivity contribution in [3.8, 4) is 22.3 Å². The fourth-order valence-corrected chi connectivity index (χ4v) is 13.2. The minimum absolute atomic E-state index is 0. The molecule has 0 unspecified atom stereocenters. The minimum Gasteiger partial charge on any atom is -0.0911 e. The standard InChI is InChI=1S/C36H52P2.Pd/c1-33(2,3)37(34(4,5)6)25-29-18-13-15-22-31(29)27-20-17-21-28(24-27)32-23-16-14-19-30(32)26-38(35(7,8)9)36(10,11)12;/h13-24H,25-26H2,1-12H3;/q;+2. The van der Waals surface area contributed by atoms with Crippen LogP contribution in [-0.2, 0) is 32.7 Å². The molecule has 0 amide bonds. The third kappa shape index (κ3) is 9.08. The van der Waals surface area contributed by atoms with Crippen LogP contribution in [0.2, 0.25) is 0 Å². The summed E-state index contributed by atoms with van der Waals surface area (Å²) < 4.78 is 0. The van der Waals surface area contributed by atoms with Crippen molar-refractivity contribution in [1.29, 1.82) is 0 Å². The van der Waals surface area contributed by atoms with Gasteiger partial charge < -0.3 is 0 Å². The molecule has 0 aliphatic carbocycles. The van der Waals surface area contributed by atoms with Crippen molar-refractivity contribution in [2.24, 2.45) is 0 Å². The Morgan fingerprint density at radius 2 is 0.744 bits per heavy atom. The fourth-order valence-electron chi connectivity index (χ4n) is 6.04. The molecule has 214 valence electrons. The Kier molecular flexibility index (Phi) is 11.5. The molecule has 3 rings (SSSR count). The minimum atomic E-state index is -0.213. The van der Waals surface area contributed by atoms with Crippen molar-refractivity contribution < 1.29 is 20.4 Å². The Balaban J connectivity index is 0.00000533. The molecule has 0 fully saturated rings. The van der Waals surface area contributed by atoms with E-state index >= 15 is 0 Å². The van der Waals surface area contributed by atoms with E-state index in [1.165, 1.54) is 33.4 Å². The second kappa shape index (κ2) is 13.0. The molecular weight excluding hydrogens is 601 g/mol. The first-order valence-electron chi connectivity index (χ1n) is 14.2. The number of hydrogen-bond acceptors (Lipinski definition) is 0. The molecule has 3 aromatic rings. The summed E-state index contributed by atoms with van der Waals surface area (Å²) in [5.74, 6) is 0. The van der Waals surface area contributed by atoms with Crippen LogP contribution in [0.3, 0.4) is 0 Å². The van der Waals surface area contributed by atoms with Crippen LogP contribution in [0.25, 0.3) is 22.3 Å². The van der Waals surface area contributed by atoms with E-state index in [0.29, 0.717) is 20.6 Å². The van der Waals surface area contributed by atoms with E-state index in [4.69, 9.17) is 0 Å². The van der Waals surface area contributed by atoms with Crippen LogP contribution >= 0.6 is 15.8 Å². The summed E-state index contributed by atoms with van der Waals surface area (Å²) in [4.78, 5) is 0. The van der Waals surface area contributed by atoms with Crippen LogP contribution in [0.5, 0.6) is 0 Å². The van der Waals surface area contributed by atoms with Crippen molar-refractivity contribution in [1.82, 2.24) is 0 Å². The molecule has 0 saturated heterocycles. The molecule has 3 heteroatoms. The van der Waals surface area contributed by atoms with Crippen molar-refractivity contribution in [3.05, 3.63) is 83.9 Å². The van der Waals surface area contributed by atoms with Crippen LogP contribution in [-0.4, -0.2) is 20.6 Å². The molecular formula is C36H52P2Pd+2. The van der Waals surface area contributed by atoms with Gasteiger partial charge in [-0.2, -0.15) is 0 Å². The quantitative estimate of drug-likeness (QED) is 0.184. The molecule has 0 atom stereocenters. The van der Waals surface area contributed by atoms with Gasteiger partial charge in [-0.05, 0) is 72.4 Å². The summed E-state index contributed by atoms with van der Waals surface area (Å²) in [6, 6.07) is 27.5. The molecule has 39 heavy (non-hydrogen) atoms. The molecule has 0 nitrogen and oxygen atoms in total. The predicted molar refractivity (Wildman–Crippen MR) is 178 cm³/mol. The van der Waals surface area contributed by atoms with Gasteiger partial charge in [0.25, 0.3) is 0 Å². The van der Waals surface area contributed by atoms with Gasteiger partial charge in [0.15, 0.2) is 0 Å². The van der Waals surface area contributed by atoms with Gasteiger partial charge in [-0.3, -0.25) is 0 Å². The fraction of sp³-hybridized carbons (Fsp3) is 0.500. The number of rotatable bonds is 6. The Labute approximate surface area is 257 Å². The zero-order valence-electron chi connectivity index (χ0n) is 26.6. The Morgan fingerprint density at radius 3 is 1.05 bits per heavy atom. The van der Waals surface area contributed by atoms with Gasteiger partial charge in [0.2, 0.25) is 0 Å². The van der Waals surface area contributed by atoms with Crippen LogP contribution in [0, 0.1) is 0 Å². The maximum Gasteiger partial charge on any atom is 2.00 e. The summed E-state index contributed by atoms with van der Waals surface area (Å²) in [6.07, 6.45) is 2.31. The van der Waals surface area contributed by atoms with Gasteiger partial charge in [0.05, 0.1) is 0 Å². The topological polar surface area (TPSA) is 0 Å². The predicted octanol–water partition coefficient (Wildman–Crippen LogP) is 12.2. The van der Waals surface area contributed by atoms with E-state index in [0.717, 1.165) is 12.3 Å². The summed E-state index contributed by atoms with van der Waals surface area (Å²) >= 11 is 0. The monoisotopic (exact) mass is 652 g/mol. The van der Waals surface area contributed by atoms with Gasteiger partial charge in [-0.1, -0.05) is 166 Å². The normalized spacial score (nSPS) is 13.1. The molecule has 0 spiro atoms. The van der Waals surface area contributed by atoms with E-state index in [9.17, 15) is 0 Å². The first-order chi connectivity index (χ1) is 17.4. The molecule has 0 aliphatic rings. The average molecular weight is 653 g/mol. The molecule has 0 radical (unpaired) electrons. The first-order valence-corrected chi connectivity index (χ1v) is 17.3. The van der Waals surface area contributed by atoms with E-state index in [1.54, 1.807) is 0 Å². The van der Waals surface area contributed by atoms with Crippen molar-refractivity contribution in [3.63, 3.8) is 0 Å². The molecule has 0 saturated carbocycles. The second-order valence-electron chi connectivity index (χ2n) is 14.8. The van der Waals surface area contributed by atoms with Crippen molar-refractivity contribution in [2.45, 2.75) is 116 Å². The van der Waals surface area contributed by atoms with Crippen LogP contribution in [0.4, 0.5) is 0 Å². The zero-order valence-corrected chi connectivity index (χ0v) is 29.9. The maximum absolute atomic E-state index is 2.44. The summed E-state index contributed by atoms with van der Waals surface area (Å²) in [6.45, 7) is 29.1. The largest absolute Gasteiger partial charge is 2.00 e. The van der Waals surface area contributed by atoms with Crippen LogP contribution in [0.15, 0.2) is 72.8 Å². The van der Waals surface area contributed by atoms with E-state index in [2.05, 4.69) is 156 Å². The molecule has 0 N–H and O–H groups in total. The van der Waals surface area contributed by atoms with E-state index in [-0.39, 0.29) is 36.3 Å². The Hall–Kier alpha value is -0.818. The number of hydrogen-bond donors (Lipinski definition) is 0. The molecule has 0 aliphatic heterocycles. The van der Waals surface area contributed by atoms with E-state index in [1.807, 2.05) is 0 Å². The van der Waals surface area contributed by atoms with Crippen molar-refractivity contribution >= 4 is 15.8 Å². The van der Waals surface area contributed by atoms with Gasteiger partial charge in [0.1, 0.15) is 0 Å². The van der Waals surface area contributed by atoms with Gasteiger partial charge in [0, 0.05) is 0 Å². The van der Waals surface area contributed by atoms with Crippen LogP contribution < -0.4 is 0 Å². The second-order valence-corrected chi connectivity index (χ2v) is 22.5. The summed E-state index contributed by atoms with van der Waals surface area (Å²) in [7, 11) is -0.425. The van der Waals surface area contributed by atoms with Gasteiger partial charge in [-0.15, -0.1) is 0 Å². The van der Waals surface area contributed by atoms with Crippen LogP contribution in [0.1, 0.15) is 94.2 Å². The van der Waals surface area contributed by atoms with E-state index < -0.39 is 0 Å². The first kappa shape index (κ1) is 34.4. The average Bonchev–Trinajstić information content (AvgIpc) is 2.78. The smallest absolute Gasteiger partial charge is 0.0911 e. The van der Waals surface area contributed by atoms with Gasteiger partial charge in [-0.25, -0.2) is 0 Å². The van der Waals surface area contributed by atoms with Crippen molar-refractivity contribution in [2.75, 3.05) is 0 Å². The molecule has 0 bridgehead atoms. The third-order valence-corrected chi connectivity index (χ3v) is 15.2. The molecule has 3 aromatic carbocycles.